The number of halogens is 6. The molecule has 0 bridgehead atoms. The zero-order valence-corrected chi connectivity index (χ0v) is 19.1. The molecule has 0 unspecified atom stereocenters. The van der Waals surface area contributed by atoms with Crippen molar-refractivity contribution in [2.45, 2.75) is 57.5 Å². The molecule has 3 rings (SSSR count). The van der Waals surface area contributed by atoms with Crippen molar-refractivity contribution in [2.75, 3.05) is 27.2 Å². The molecular formula is C21H29F6N3O4. The number of rotatable bonds is 3. The van der Waals surface area contributed by atoms with E-state index in [0.29, 0.717) is 5.41 Å². The Morgan fingerprint density at radius 3 is 1.82 bits per heavy atom. The lowest BCUT2D eigenvalue weighted by Crippen LogP contribution is -2.53. The highest BCUT2D eigenvalue weighted by Crippen LogP contribution is 2.50. The molecule has 2 N–H and O–H groups in total. The first-order valence-corrected chi connectivity index (χ1v) is 10.4. The summed E-state index contributed by atoms with van der Waals surface area (Å²) in [6.45, 7) is 5.59. The second-order valence-electron chi connectivity index (χ2n) is 8.68. The zero-order valence-electron chi connectivity index (χ0n) is 19.1. The summed E-state index contributed by atoms with van der Waals surface area (Å²) in [5, 5.41) is 14.2. The molecule has 7 nitrogen and oxygen atoms in total. The van der Waals surface area contributed by atoms with Crippen LogP contribution >= 0.6 is 0 Å². The lowest BCUT2D eigenvalue weighted by molar-refractivity contribution is -0.193. The van der Waals surface area contributed by atoms with E-state index in [2.05, 4.69) is 54.0 Å². The number of likely N-dealkylation sites (tertiary alicyclic amines) is 1. The van der Waals surface area contributed by atoms with Crippen LogP contribution in [0, 0.1) is 12.3 Å². The van der Waals surface area contributed by atoms with Crippen LogP contribution in [0.3, 0.4) is 0 Å². The van der Waals surface area contributed by atoms with Gasteiger partial charge >= 0.3 is 24.3 Å². The van der Waals surface area contributed by atoms with E-state index in [-0.39, 0.29) is 0 Å². The molecule has 1 aliphatic carbocycles. The summed E-state index contributed by atoms with van der Waals surface area (Å²) in [6.07, 6.45) is -4.58. The lowest BCUT2D eigenvalue weighted by Gasteiger charge is -2.54. The standard InChI is InChI=1S/C17H27N3.2C2HF3O2/c1-14-5-4-6-15(18-14)13-20-9-7-17(8-10-20)11-16(12-17)19(2)3;2*3-2(4,5)1(6)7/h4-6,16H,7-13H2,1-3H3;2*(H,6,7). The summed E-state index contributed by atoms with van der Waals surface area (Å²) in [5.74, 6) is -5.51. The van der Waals surface area contributed by atoms with Crippen LogP contribution in [-0.4, -0.2) is 82.5 Å². The van der Waals surface area contributed by atoms with Gasteiger partial charge in [-0.3, -0.25) is 9.88 Å². The first-order valence-electron chi connectivity index (χ1n) is 10.4. The fraction of sp³-hybridized carbons (Fsp3) is 0.667. The third kappa shape index (κ3) is 9.84. The number of aryl methyl sites for hydroxylation is 1. The highest BCUT2D eigenvalue weighted by Gasteiger charge is 2.46. The maximum Gasteiger partial charge on any atom is 0.490 e. The van der Waals surface area contributed by atoms with E-state index >= 15 is 0 Å². The van der Waals surface area contributed by atoms with Crippen molar-refractivity contribution in [3.8, 4) is 0 Å². The van der Waals surface area contributed by atoms with Crippen LogP contribution in [-0.2, 0) is 16.1 Å². The molecule has 1 aliphatic heterocycles. The molecule has 1 saturated carbocycles. The Labute approximate surface area is 193 Å². The van der Waals surface area contributed by atoms with Gasteiger partial charge in [0.05, 0.1) is 5.69 Å². The highest BCUT2D eigenvalue weighted by atomic mass is 19.4. The molecule has 34 heavy (non-hydrogen) atoms. The Hall–Kier alpha value is -2.41. The van der Waals surface area contributed by atoms with E-state index in [4.69, 9.17) is 19.8 Å². The molecule has 194 valence electrons. The average molecular weight is 501 g/mol. The fourth-order valence-corrected chi connectivity index (χ4v) is 3.82. The number of alkyl halides is 6. The van der Waals surface area contributed by atoms with Crippen LogP contribution in [0.15, 0.2) is 18.2 Å². The van der Waals surface area contributed by atoms with Crippen molar-refractivity contribution in [2.24, 2.45) is 5.41 Å². The molecule has 1 aromatic heterocycles. The number of carboxylic acid groups (broad SMARTS) is 2. The van der Waals surface area contributed by atoms with Crippen LogP contribution in [0.2, 0.25) is 0 Å². The molecule has 0 radical (unpaired) electrons. The van der Waals surface area contributed by atoms with Crippen LogP contribution in [0.1, 0.15) is 37.1 Å². The molecule has 0 amide bonds. The molecule has 13 heteroatoms. The van der Waals surface area contributed by atoms with Crippen LogP contribution < -0.4 is 0 Å². The maximum absolute atomic E-state index is 10.6. The fourth-order valence-electron chi connectivity index (χ4n) is 3.82. The number of hydrogen-bond acceptors (Lipinski definition) is 5. The van der Waals surface area contributed by atoms with Gasteiger partial charge in [-0.25, -0.2) is 9.59 Å². The van der Waals surface area contributed by atoms with Gasteiger partial charge in [0, 0.05) is 18.3 Å². The van der Waals surface area contributed by atoms with Crippen molar-refractivity contribution < 1.29 is 46.1 Å². The van der Waals surface area contributed by atoms with Crippen molar-refractivity contribution >= 4 is 11.9 Å². The Morgan fingerprint density at radius 1 is 1.03 bits per heavy atom. The monoisotopic (exact) mass is 501 g/mol. The van der Waals surface area contributed by atoms with Gasteiger partial charge in [0.2, 0.25) is 0 Å². The normalized spacial score (nSPS) is 18.3. The molecular weight excluding hydrogens is 472 g/mol. The number of aromatic nitrogens is 1. The number of carboxylic acids is 2. The SMILES string of the molecule is Cc1cccc(CN2CCC3(CC2)CC(N(C)C)C3)n1.O=C(O)C(F)(F)F.O=C(O)C(F)(F)F. The summed E-state index contributed by atoms with van der Waals surface area (Å²) >= 11 is 0. The van der Waals surface area contributed by atoms with Crippen molar-refractivity contribution in [3.63, 3.8) is 0 Å². The van der Waals surface area contributed by atoms with E-state index in [1.807, 2.05) is 0 Å². The third-order valence-corrected chi connectivity index (χ3v) is 5.80. The van der Waals surface area contributed by atoms with Gasteiger partial charge < -0.3 is 15.1 Å². The van der Waals surface area contributed by atoms with Crippen LogP contribution in [0.4, 0.5) is 26.3 Å². The Kier molecular flexibility index (Phi) is 10.3. The predicted octanol–water partition coefficient (Wildman–Crippen LogP) is 3.96. The number of nitrogens with zero attached hydrogens (tertiary/aromatic N) is 3. The maximum atomic E-state index is 10.6. The van der Waals surface area contributed by atoms with Gasteiger partial charge in [0.15, 0.2) is 0 Å². The van der Waals surface area contributed by atoms with Crippen molar-refractivity contribution in [3.05, 3.63) is 29.6 Å². The lowest BCUT2D eigenvalue weighted by atomic mass is 9.60. The Morgan fingerprint density at radius 2 is 1.47 bits per heavy atom. The summed E-state index contributed by atoms with van der Waals surface area (Å²) < 4.78 is 63.5. The zero-order chi connectivity index (χ0) is 26.3. The Bertz CT molecular complexity index is 789. The third-order valence-electron chi connectivity index (χ3n) is 5.80. The topological polar surface area (TPSA) is 94.0 Å². The Balaban J connectivity index is 0.000000343. The largest absolute Gasteiger partial charge is 0.490 e. The van der Waals surface area contributed by atoms with Gasteiger partial charge in [-0.1, -0.05) is 6.07 Å². The van der Waals surface area contributed by atoms with Crippen molar-refractivity contribution in [1.29, 1.82) is 0 Å². The minimum atomic E-state index is -5.08. The summed E-state index contributed by atoms with van der Waals surface area (Å²) in [5.41, 5.74) is 3.02. The minimum Gasteiger partial charge on any atom is -0.475 e. The number of hydrogen-bond donors (Lipinski definition) is 2. The molecule has 2 fully saturated rings. The summed E-state index contributed by atoms with van der Waals surface area (Å²) in [7, 11) is 4.44. The number of aliphatic carboxylic acids is 2. The van der Waals surface area contributed by atoms with Gasteiger partial charge in [0.1, 0.15) is 0 Å². The number of pyridine rings is 1. The highest BCUT2D eigenvalue weighted by molar-refractivity contribution is 5.73. The van der Waals surface area contributed by atoms with Gasteiger partial charge in [0.25, 0.3) is 0 Å². The van der Waals surface area contributed by atoms with Crippen molar-refractivity contribution in [1.82, 2.24) is 14.8 Å². The second-order valence-corrected chi connectivity index (χ2v) is 8.68. The van der Waals surface area contributed by atoms with E-state index in [9.17, 15) is 26.3 Å². The summed E-state index contributed by atoms with van der Waals surface area (Å²) in [4.78, 5) is 27.4. The molecule has 1 spiro atoms. The van der Waals surface area contributed by atoms with Crippen LogP contribution in [0.25, 0.3) is 0 Å². The summed E-state index contributed by atoms with van der Waals surface area (Å²) in [6, 6.07) is 7.18. The van der Waals surface area contributed by atoms with E-state index in [1.165, 1.54) is 44.5 Å². The molecule has 1 aromatic rings. The molecule has 2 heterocycles. The van der Waals surface area contributed by atoms with Gasteiger partial charge in [-0.15, -0.1) is 0 Å². The predicted molar refractivity (Wildman–Crippen MR) is 110 cm³/mol. The first-order chi connectivity index (χ1) is 15.4. The van der Waals surface area contributed by atoms with Crippen LogP contribution in [0.5, 0.6) is 0 Å². The van der Waals surface area contributed by atoms with E-state index in [0.717, 1.165) is 18.3 Å². The second kappa shape index (κ2) is 11.8. The molecule has 2 aliphatic rings. The first kappa shape index (κ1) is 29.6. The quantitative estimate of drug-likeness (QED) is 0.606. The van der Waals surface area contributed by atoms with E-state index in [1.54, 1.807) is 0 Å². The minimum absolute atomic E-state index is 0.672. The van der Waals surface area contributed by atoms with E-state index < -0.39 is 24.3 Å². The number of carbonyl (C=O) groups is 2. The average Bonchev–Trinajstić information content (AvgIpc) is 2.66. The molecule has 0 atom stereocenters. The number of piperidine rings is 1. The molecule has 1 saturated heterocycles. The smallest absolute Gasteiger partial charge is 0.475 e. The molecule has 0 aromatic carbocycles. The van der Waals surface area contributed by atoms with Gasteiger partial charge in [-0.05, 0) is 77.3 Å². The van der Waals surface area contributed by atoms with Gasteiger partial charge in [-0.2, -0.15) is 26.3 Å².